The molecule has 0 saturated carbocycles. The molecule has 7 nitrogen and oxygen atoms in total. The summed E-state index contributed by atoms with van der Waals surface area (Å²) in [5.41, 5.74) is 0.556. The van der Waals surface area contributed by atoms with E-state index < -0.39 is 0 Å². The first-order chi connectivity index (χ1) is 12.1. The number of hydrogen-bond donors (Lipinski definition) is 3. The minimum absolute atomic E-state index is 0.0889. The van der Waals surface area contributed by atoms with E-state index in [1.54, 1.807) is 36.4 Å². The number of ether oxygens (including phenoxy) is 1. The third-order valence-electron chi connectivity index (χ3n) is 3.36. The molecule has 134 valence electrons. The molecule has 1 aromatic heterocycles. The Morgan fingerprint density at radius 2 is 2.08 bits per heavy atom. The summed E-state index contributed by atoms with van der Waals surface area (Å²) < 4.78 is 10.5. The van der Waals surface area contributed by atoms with Crippen molar-refractivity contribution in [3.8, 4) is 5.75 Å². The molecular formula is C18H23N3O4. The maximum Gasteiger partial charge on any atom is 0.291 e. The fourth-order valence-corrected chi connectivity index (χ4v) is 2.15. The van der Waals surface area contributed by atoms with Crippen LogP contribution in [0, 0.1) is 0 Å². The second-order valence-corrected chi connectivity index (χ2v) is 5.51. The van der Waals surface area contributed by atoms with Gasteiger partial charge in [-0.15, -0.1) is 0 Å². The topological polar surface area (TPSA) is 92.6 Å². The highest BCUT2D eigenvalue weighted by atomic mass is 16.5. The second kappa shape index (κ2) is 9.48. The molecule has 0 saturated heterocycles. The van der Waals surface area contributed by atoms with Crippen LogP contribution in [0.4, 0.5) is 5.69 Å². The van der Waals surface area contributed by atoms with Gasteiger partial charge in [0.15, 0.2) is 12.4 Å². The Kier molecular flexibility index (Phi) is 7.03. The van der Waals surface area contributed by atoms with Crippen molar-refractivity contribution in [1.29, 1.82) is 0 Å². The molecule has 0 unspecified atom stereocenters. The molecule has 25 heavy (non-hydrogen) atoms. The molecule has 0 aliphatic heterocycles. The summed E-state index contributed by atoms with van der Waals surface area (Å²) in [5.74, 6) is 0.166. The van der Waals surface area contributed by atoms with Crippen molar-refractivity contribution in [2.45, 2.75) is 19.9 Å². The number of amides is 2. The maximum absolute atomic E-state index is 11.9. The monoisotopic (exact) mass is 345 g/mol. The lowest BCUT2D eigenvalue weighted by molar-refractivity contribution is -0.123. The van der Waals surface area contributed by atoms with Gasteiger partial charge < -0.3 is 25.1 Å². The SMILES string of the molecule is CCN[C@H](C)CNC(=O)COc1cccc(NC(=O)c2ccco2)c1. The average Bonchev–Trinajstić information content (AvgIpc) is 3.13. The van der Waals surface area contributed by atoms with Gasteiger partial charge in [0.1, 0.15) is 5.75 Å². The van der Waals surface area contributed by atoms with Crippen LogP contribution in [0.5, 0.6) is 5.75 Å². The number of nitrogens with one attached hydrogen (secondary N) is 3. The van der Waals surface area contributed by atoms with Crippen molar-refractivity contribution >= 4 is 17.5 Å². The first-order valence-corrected chi connectivity index (χ1v) is 8.16. The molecule has 1 aromatic carbocycles. The molecule has 1 heterocycles. The lowest BCUT2D eigenvalue weighted by atomic mass is 10.3. The highest BCUT2D eigenvalue weighted by Crippen LogP contribution is 2.18. The average molecular weight is 345 g/mol. The van der Waals surface area contributed by atoms with Crippen LogP contribution in [-0.2, 0) is 4.79 Å². The van der Waals surface area contributed by atoms with Crippen molar-refractivity contribution in [2.24, 2.45) is 0 Å². The quantitative estimate of drug-likeness (QED) is 0.647. The van der Waals surface area contributed by atoms with E-state index in [0.717, 1.165) is 6.54 Å². The van der Waals surface area contributed by atoms with Gasteiger partial charge in [0.05, 0.1) is 6.26 Å². The molecule has 2 amide bonds. The number of hydrogen-bond acceptors (Lipinski definition) is 5. The van der Waals surface area contributed by atoms with Gasteiger partial charge in [0, 0.05) is 24.3 Å². The number of anilines is 1. The van der Waals surface area contributed by atoms with Crippen molar-refractivity contribution in [3.63, 3.8) is 0 Å². The molecule has 0 spiro atoms. The summed E-state index contributed by atoms with van der Waals surface area (Å²) >= 11 is 0. The zero-order valence-corrected chi connectivity index (χ0v) is 14.4. The summed E-state index contributed by atoms with van der Waals surface area (Å²) in [6.45, 7) is 5.31. The minimum Gasteiger partial charge on any atom is -0.484 e. The van der Waals surface area contributed by atoms with Crippen molar-refractivity contribution in [1.82, 2.24) is 10.6 Å². The number of carbonyl (C=O) groups is 2. The van der Waals surface area contributed by atoms with Gasteiger partial charge in [-0.25, -0.2) is 0 Å². The molecule has 7 heteroatoms. The highest BCUT2D eigenvalue weighted by Gasteiger charge is 2.10. The van der Waals surface area contributed by atoms with Crippen molar-refractivity contribution < 1.29 is 18.7 Å². The van der Waals surface area contributed by atoms with Gasteiger partial charge >= 0.3 is 0 Å². The van der Waals surface area contributed by atoms with Crippen molar-refractivity contribution in [3.05, 3.63) is 48.4 Å². The van der Waals surface area contributed by atoms with Gasteiger partial charge in [0.2, 0.25) is 0 Å². The number of likely N-dealkylation sites (N-methyl/N-ethyl adjacent to an activating group) is 1. The predicted molar refractivity (Wildman–Crippen MR) is 94.7 cm³/mol. The fourth-order valence-electron chi connectivity index (χ4n) is 2.15. The number of carbonyl (C=O) groups excluding carboxylic acids is 2. The Hall–Kier alpha value is -2.80. The zero-order valence-electron chi connectivity index (χ0n) is 14.4. The number of furan rings is 1. The second-order valence-electron chi connectivity index (χ2n) is 5.51. The molecular weight excluding hydrogens is 322 g/mol. The smallest absolute Gasteiger partial charge is 0.291 e. The first kappa shape index (κ1) is 18.5. The van der Waals surface area contributed by atoms with E-state index in [1.807, 2.05) is 13.8 Å². The lowest BCUT2D eigenvalue weighted by Crippen LogP contribution is -2.40. The molecule has 0 radical (unpaired) electrons. The Morgan fingerprint density at radius 3 is 2.80 bits per heavy atom. The van der Waals surface area contributed by atoms with Gasteiger partial charge in [-0.3, -0.25) is 9.59 Å². The van der Waals surface area contributed by atoms with Gasteiger partial charge in [-0.1, -0.05) is 13.0 Å². The molecule has 3 N–H and O–H groups in total. The lowest BCUT2D eigenvalue weighted by Gasteiger charge is -2.13. The summed E-state index contributed by atoms with van der Waals surface area (Å²) in [6, 6.07) is 10.3. The first-order valence-electron chi connectivity index (χ1n) is 8.16. The van der Waals surface area contributed by atoms with E-state index >= 15 is 0 Å². The number of benzene rings is 1. The van der Waals surface area contributed by atoms with E-state index in [-0.39, 0.29) is 30.2 Å². The van der Waals surface area contributed by atoms with E-state index in [9.17, 15) is 9.59 Å². The van der Waals surface area contributed by atoms with E-state index in [2.05, 4.69) is 16.0 Å². The summed E-state index contributed by atoms with van der Waals surface area (Å²) in [7, 11) is 0. The minimum atomic E-state index is -0.350. The molecule has 2 aromatic rings. The van der Waals surface area contributed by atoms with Gasteiger partial charge in [0.25, 0.3) is 11.8 Å². The standard InChI is InChI=1S/C18H23N3O4/c1-3-19-13(2)11-20-17(22)12-25-15-7-4-6-14(10-15)21-18(23)16-8-5-9-24-16/h4-10,13,19H,3,11-12H2,1-2H3,(H,20,22)(H,21,23)/t13-/m1/s1. The van der Waals surface area contributed by atoms with Crippen LogP contribution in [-0.4, -0.2) is 37.6 Å². The molecule has 0 aliphatic rings. The Labute approximate surface area is 146 Å². The summed E-state index contributed by atoms with van der Waals surface area (Å²) in [6.07, 6.45) is 1.43. The summed E-state index contributed by atoms with van der Waals surface area (Å²) in [4.78, 5) is 23.7. The maximum atomic E-state index is 11.9. The molecule has 2 rings (SSSR count). The normalized spacial score (nSPS) is 11.6. The van der Waals surface area contributed by atoms with E-state index in [0.29, 0.717) is 18.0 Å². The number of rotatable bonds is 9. The predicted octanol–water partition coefficient (Wildman–Crippen LogP) is 2.02. The van der Waals surface area contributed by atoms with Crippen LogP contribution in [0.2, 0.25) is 0 Å². The fraction of sp³-hybridized carbons (Fsp3) is 0.333. The van der Waals surface area contributed by atoms with Crippen molar-refractivity contribution in [2.75, 3.05) is 25.0 Å². The van der Waals surface area contributed by atoms with Crippen LogP contribution in [0.15, 0.2) is 47.1 Å². The van der Waals surface area contributed by atoms with E-state index in [4.69, 9.17) is 9.15 Å². The van der Waals surface area contributed by atoms with Gasteiger partial charge in [-0.2, -0.15) is 0 Å². The highest BCUT2D eigenvalue weighted by molar-refractivity contribution is 6.02. The summed E-state index contributed by atoms with van der Waals surface area (Å²) in [5, 5.41) is 8.71. The Morgan fingerprint density at radius 1 is 1.24 bits per heavy atom. The van der Waals surface area contributed by atoms with Crippen LogP contribution >= 0.6 is 0 Å². The molecule has 0 bridgehead atoms. The molecule has 1 atom stereocenters. The molecule has 0 aliphatic carbocycles. The van der Waals surface area contributed by atoms with E-state index in [1.165, 1.54) is 6.26 Å². The largest absolute Gasteiger partial charge is 0.484 e. The van der Waals surface area contributed by atoms with Crippen LogP contribution < -0.4 is 20.7 Å². The van der Waals surface area contributed by atoms with Gasteiger partial charge in [-0.05, 0) is 37.7 Å². The molecule has 0 fully saturated rings. The Bertz CT molecular complexity index is 685. The Balaban J connectivity index is 1.81. The van der Waals surface area contributed by atoms with Crippen LogP contribution in [0.25, 0.3) is 0 Å². The van der Waals surface area contributed by atoms with Crippen LogP contribution in [0.1, 0.15) is 24.4 Å². The van der Waals surface area contributed by atoms with Crippen LogP contribution in [0.3, 0.4) is 0 Å². The zero-order chi connectivity index (χ0) is 18.1. The third kappa shape index (κ3) is 6.31. The third-order valence-corrected chi connectivity index (χ3v) is 3.36.